The van der Waals surface area contributed by atoms with Gasteiger partial charge in [-0.1, -0.05) is 25.5 Å². The molecular weight excluding hydrogens is 202 g/mol. The number of nitrogens with one attached hydrogen (secondary N) is 1. The van der Waals surface area contributed by atoms with E-state index in [0.29, 0.717) is 13.2 Å². The zero-order valence-corrected chi connectivity index (χ0v) is 9.95. The van der Waals surface area contributed by atoms with E-state index >= 15 is 0 Å². The first kappa shape index (κ1) is 12.6. The van der Waals surface area contributed by atoms with Crippen molar-refractivity contribution in [2.75, 3.05) is 18.5 Å². The second-order valence-electron chi connectivity index (χ2n) is 3.72. The zero-order valence-electron chi connectivity index (χ0n) is 9.95. The van der Waals surface area contributed by atoms with Crippen LogP contribution in [0.4, 0.5) is 5.69 Å². The number of ether oxygens (including phenoxy) is 1. The SMILES string of the molecule is CCCc1cccc(NCCOC(C)=O)c1. The maximum absolute atomic E-state index is 10.5. The van der Waals surface area contributed by atoms with Crippen LogP contribution >= 0.6 is 0 Å². The number of anilines is 1. The van der Waals surface area contributed by atoms with Crippen molar-refractivity contribution in [1.29, 1.82) is 0 Å². The van der Waals surface area contributed by atoms with Crippen molar-refractivity contribution < 1.29 is 9.53 Å². The van der Waals surface area contributed by atoms with Gasteiger partial charge in [0.25, 0.3) is 0 Å². The molecule has 0 fully saturated rings. The van der Waals surface area contributed by atoms with Gasteiger partial charge in [0.1, 0.15) is 6.61 Å². The molecule has 0 radical (unpaired) electrons. The van der Waals surface area contributed by atoms with Crippen molar-refractivity contribution in [3.8, 4) is 0 Å². The normalized spacial score (nSPS) is 9.88. The number of hydrogen-bond acceptors (Lipinski definition) is 3. The van der Waals surface area contributed by atoms with E-state index < -0.39 is 0 Å². The minimum absolute atomic E-state index is 0.235. The summed E-state index contributed by atoms with van der Waals surface area (Å²) < 4.78 is 4.84. The van der Waals surface area contributed by atoms with Gasteiger partial charge in [-0.2, -0.15) is 0 Å². The van der Waals surface area contributed by atoms with Crippen LogP contribution in [0.15, 0.2) is 24.3 Å². The van der Waals surface area contributed by atoms with Gasteiger partial charge < -0.3 is 10.1 Å². The van der Waals surface area contributed by atoms with E-state index in [2.05, 4.69) is 24.4 Å². The largest absolute Gasteiger partial charge is 0.464 e. The van der Waals surface area contributed by atoms with Crippen molar-refractivity contribution in [3.63, 3.8) is 0 Å². The lowest BCUT2D eigenvalue weighted by atomic mass is 10.1. The number of aryl methyl sites for hydroxylation is 1. The molecule has 0 aliphatic heterocycles. The van der Waals surface area contributed by atoms with Crippen LogP contribution in [0.3, 0.4) is 0 Å². The number of hydrogen-bond donors (Lipinski definition) is 1. The summed E-state index contributed by atoms with van der Waals surface area (Å²) in [6, 6.07) is 8.32. The van der Waals surface area contributed by atoms with Gasteiger partial charge >= 0.3 is 5.97 Å². The van der Waals surface area contributed by atoms with E-state index in [-0.39, 0.29) is 5.97 Å². The molecule has 0 saturated heterocycles. The van der Waals surface area contributed by atoms with E-state index in [1.165, 1.54) is 12.5 Å². The highest BCUT2D eigenvalue weighted by Gasteiger charge is 1.96. The van der Waals surface area contributed by atoms with Crippen LogP contribution in [0.1, 0.15) is 25.8 Å². The second kappa shape index (κ2) is 6.88. The van der Waals surface area contributed by atoms with Gasteiger partial charge in [0.05, 0.1) is 0 Å². The van der Waals surface area contributed by atoms with E-state index in [1.54, 1.807) is 0 Å². The monoisotopic (exact) mass is 221 g/mol. The molecule has 0 atom stereocenters. The Morgan fingerprint density at radius 1 is 1.44 bits per heavy atom. The molecule has 0 bridgehead atoms. The minimum Gasteiger partial charge on any atom is -0.464 e. The van der Waals surface area contributed by atoms with Crippen LogP contribution in [-0.4, -0.2) is 19.1 Å². The van der Waals surface area contributed by atoms with E-state index in [9.17, 15) is 4.79 Å². The first-order valence-corrected chi connectivity index (χ1v) is 5.68. The smallest absolute Gasteiger partial charge is 0.302 e. The highest BCUT2D eigenvalue weighted by molar-refractivity contribution is 5.65. The summed E-state index contributed by atoms with van der Waals surface area (Å²) >= 11 is 0. The molecule has 0 aromatic heterocycles. The topological polar surface area (TPSA) is 38.3 Å². The summed E-state index contributed by atoms with van der Waals surface area (Å²) in [6.45, 7) is 4.64. The molecule has 1 aromatic carbocycles. The molecule has 16 heavy (non-hydrogen) atoms. The molecule has 3 heteroatoms. The fraction of sp³-hybridized carbons (Fsp3) is 0.462. The maximum Gasteiger partial charge on any atom is 0.302 e. The maximum atomic E-state index is 10.5. The number of carbonyl (C=O) groups is 1. The number of rotatable bonds is 6. The molecule has 1 rings (SSSR count). The van der Waals surface area contributed by atoms with E-state index in [0.717, 1.165) is 18.5 Å². The predicted molar refractivity (Wildman–Crippen MR) is 65.6 cm³/mol. The van der Waals surface area contributed by atoms with Crippen molar-refractivity contribution >= 4 is 11.7 Å². The molecule has 0 saturated carbocycles. The molecule has 1 N–H and O–H groups in total. The van der Waals surface area contributed by atoms with Crippen LogP contribution in [0, 0.1) is 0 Å². The highest BCUT2D eigenvalue weighted by atomic mass is 16.5. The Morgan fingerprint density at radius 3 is 2.94 bits per heavy atom. The molecule has 0 aliphatic carbocycles. The summed E-state index contributed by atoms with van der Waals surface area (Å²) in [5, 5.41) is 3.22. The predicted octanol–water partition coefficient (Wildman–Crippen LogP) is 2.61. The molecule has 0 aliphatic rings. The molecule has 0 unspecified atom stereocenters. The van der Waals surface area contributed by atoms with Gasteiger partial charge in [0.15, 0.2) is 0 Å². The Kier molecular flexibility index (Phi) is 5.40. The van der Waals surface area contributed by atoms with Crippen molar-refractivity contribution in [2.24, 2.45) is 0 Å². The molecule has 1 aromatic rings. The lowest BCUT2D eigenvalue weighted by Crippen LogP contribution is -2.11. The van der Waals surface area contributed by atoms with Crippen molar-refractivity contribution in [1.82, 2.24) is 0 Å². The molecule has 0 heterocycles. The summed E-state index contributed by atoms with van der Waals surface area (Å²) in [5.41, 5.74) is 2.41. The third-order valence-corrected chi connectivity index (χ3v) is 2.20. The van der Waals surface area contributed by atoms with Gasteiger partial charge in [0, 0.05) is 19.2 Å². The quantitative estimate of drug-likeness (QED) is 0.592. The lowest BCUT2D eigenvalue weighted by molar-refractivity contribution is -0.140. The Labute approximate surface area is 96.8 Å². The van der Waals surface area contributed by atoms with Gasteiger partial charge in [-0.15, -0.1) is 0 Å². The Balaban J connectivity index is 2.35. The number of benzene rings is 1. The summed E-state index contributed by atoms with van der Waals surface area (Å²) in [7, 11) is 0. The molecular formula is C13H19NO2. The molecule has 3 nitrogen and oxygen atoms in total. The third kappa shape index (κ3) is 4.82. The Morgan fingerprint density at radius 2 is 2.25 bits per heavy atom. The number of esters is 1. The summed E-state index contributed by atoms with van der Waals surface area (Å²) in [6.07, 6.45) is 2.25. The van der Waals surface area contributed by atoms with Crippen LogP contribution in [0.2, 0.25) is 0 Å². The number of carbonyl (C=O) groups excluding carboxylic acids is 1. The highest BCUT2D eigenvalue weighted by Crippen LogP contribution is 2.11. The van der Waals surface area contributed by atoms with Crippen LogP contribution in [0.25, 0.3) is 0 Å². The van der Waals surface area contributed by atoms with Crippen LogP contribution in [-0.2, 0) is 16.0 Å². The summed E-state index contributed by atoms with van der Waals surface area (Å²) in [4.78, 5) is 10.5. The Bertz CT molecular complexity index is 336. The fourth-order valence-corrected chi connectivity index (χ4v) is 1.52. The standard InChI is InChI=1S/C13H19NO2/c1-3-5-12-6-4-7-13(10-12)14-8-9-16-11(2)15/h4,6-7,10,14H,3,5,8-9H2,1-2H3. The van der Waals surface area contributed by atoms with Gasteiger partial charge in [0.2, 0.25) is 0 Å². The minimum atomic E-state index is -0.235. The zero-order chi connectivity index (χ0) is 11.8. The fourth-order valence-electron chi connectivity index (χ4n) is 1.52. The molecule has 88 valence electrons. The van der Waals surface area contributed by atoms with Gasteiger partial charge in [-0.3, -0.25) is 4.79 Å². The van der Waals surface area contributed by atoms with E-state index in [1.807, 2.05) is 12.1 Å². The summed E-state index contributed by atoms with van der Waals surface area (Å²) in [5.74, 6) is -0.235. The first-order valence-electron chi connectivity index (χ1n) is 5.68. The van der Waals surface area contributed by atoms with Gasteiger partial charge in [-0.25, -0.2) is 0 Å². The van der Waals surface area contributed by atoms with Crippen molar-refractivity contribution in [3.05, 3.63) is 29.8 Å². The average molecular weight is 221 g/mol. The Hall–Kier alpha value is -1.51. The lowest BCUT2D eigenvalue weighted by Gasteiger charge is -2.08. The van der Waals surface area contributed by atoms with Crippen molar-refractivity contribution in [2.45, 2.75) is 26.7 Å². The van der Waals surface area contributed by atoms with Crippen LogP contribution < -0.4 is 5.32 Å². The second-order valence-corrected chi connectivity index (χ2v) is 3.72. The first-order chi connectivity index (χ1) is 7.72. The molecule has 0 spiro atoms. The van der Waals surface area contributed by atoms with Crippen LogP contribution in [0.5, 0.6) is 0 Å². The molecule has 0 amide bonds. The van der Waals surface area contributed by atoms with Gasteiger partial charge in [-0.05, 0) is 24.1 Å². The average Bonchev–Trinajstić information content (AvgIpc) is 2.25. The third-order valence-electron chi connectivity index (χ3n) is 2.20. The van der Waals surface area contributed by atoms with E-state index in [4.69, 9.17) is 4.74 Å².